The van der Waals surface area contributed by atoms with Crippen LogP contribution in [0, 0.1) is 0 Å². The van der Waals surface area contributed by atoms with Crippen LogP contribution in [0.25, 0.3) is 0 Å². The van der Waals surface area contributed by atoms with Crippen molar-refractivity contribution in [3.63, 3.8) is 0 Å². The number of piperidine rings is 1. The third-order valence-electron chi connectivity index (χ3n) is 3.22. The highest BCUT2D eigenvalue weighted by Gasteiger charge is 2.23. The van der Waals surface area contributed by atoms with Crippen molar-refractivity contribution < 1.29 is 9.59 Å². The number of hydrogen-bond acceptors (Lipinski definition) is 3. The summed E-state index contributed by atoms with van der Waals surface area (Å²) in [4.78, 5) is 25.0. The van der Waals surface area contributed by atoms with Gasteiger partial charge in [0.05, 0.1) is 11.4 Å². The first-order valence-corrected chi connectivity index (χ1v) is 7.35. The number of rotatable bonds is 5. The molecule has 1 unspecified atom stereocenters. The normalized spacial score (nSPS) is 19.3. The first-order valence-electron chi connectivity index (χ1n) is 6.44. The Hall–Kier alpha value is -0.620. The molecule has 0 aromatic carbocycles. The van der Waals surface area contributed by atoms with Gasteiger partial charge in [-0.2, -0.15) is 0 Å². The van der Waals surface area contributed by atoms with E-state index in [1.807, 2.05) is 6.92 Å². The van der Waals surface area contributed by atoms with E-state index >= 15 is 0 Å². The van der Waals surface area contributed by atoms with Crippen LogP contribution in [0.2, 0.25) is 0 Å². The number of nitrogens with zero attached hydrogens (tertiary/aromatic N) is 1. The molecule has 0 aromatic heterocycles. The van der Waals surface area contributed by atoms with Crippen molar-refractivity contribution in [3.8, 4) is 0 Å². The van der Waals surface area contributed by atoms with E-state index in [0.29, 0.717) is 6.54 Å². The van der Waals surface area contributed by atoms with Crippen molar-refractivity contribution in [2.45, 2.75) is 37.1 Å². The third kappa shape index (κ3) is 4.94. The number of nitrogens with one attached hydrogen (secondary N) is 2. The quantitative estimate of drug-likeness (QED) is 0.725. The topological polar surface area (TPSA) is 61.4 Å². The van der Waals surface area contributed by atoms with Gasteiger partial charge in [-0.3, -0.25) is 14.5 Å². The standard InChI is InChI=1S/C12H22BrN3O2/c1-3-10(13)12(18)15-9-4-6-16(7-5-9)8-11(17)14-2/h9-10H,3-8H2,1-2H3,(H,14,17)(H,15,18). The van der Waals surface area contributed by atoms with Crippen LogP contribution in [0.15, 0.2) is 0 Å². The largest absolute Gasteiger partial charge is 0.358 e. The lowest BCUT2D eigenvalue weighted by Crippen LogP contribution is -2.48. The number of halogens is 1. The van der Waals surface area contributed by atoms with E-state index in [4.69, 9.17) is 0 Å². The zero-order valence-corrected chi connectivity index (χ0v) is 12.6. The van der Waals surface area contributed by atoms with Gasteiger partial charge >= 0.3 is 0 Å². The molecule has 1 aliphatic rings. The number of amides is 2. The molecule has 0 aliphatic carbocycles. The van der Waals surface area contributed by atoms with Crippen LogP contribution in [0.5, 0.6) is 0 Å². The van der Waals surface area contributed by atoms with Crippen LogP contribution in [0.1, 0.15) is 26.2 Å². The van der Waals surface area contributed by atoms with E-state index in [0.717, 1.165) is 32.4 Å². The van der Waals surface area contributed by atoms with Crippen LogP contribution in [-0.2, 0) is 9.59 Å². The van der Waals surface area contributed by atoms with Crippen LogP contribution in [0.3, 0.4) is 0 Å². The zero-order chi connectivity index (χ0) is 13.5. The number of likely N-dealkylation sites (N-methyl/N-ethyl adjacent to an activating group) is 1. The third-order valence-corrected chi connectivity index (χ3v) is 4.29. The molecule has 0 bridgehead atoms. The Morgan fingerprint density at radius 3 is 2.50 bits per heavy atom. The molecule has 1 atom stereocenters. The maximum absolute atomic E-state index is 11.7. The predicted molar refractivity (Wildman–Crippen MR) is 74.7 cm³/mol. The minimum Gasteiger partial charge on any atom is -0.358 e. The molecule has 18 heavy (non-hydrogen) atoms. The van der Waals surface area contributed by atoms with Gasteiger partial charge in [-0.15, -0.1) is 0 Å². The lowest BCUT2D eigenvalue weighted by atomic mass is 10.0. The molecule has 2 N–H and O–H groups in total. The first kappa shape index (κ1) is 15.4. The van der Waals surface area contributed by atoms with Gasteiger partial charge in [0.25, 0.3) is 0 Å². The first-order chi connectivity index (χ1) is 8.56. The van der Waals surface area contributed by atoms with E-state index in [2.05, 4.69) is 31.5 Å². The molecule has 0 saturated carbocycles. The number of carbonyl (C=O) groups is 2. The number of hydrogen-bond donors (Lipinski definition) is 2. The van der Waals surface area contributed by atoms with E-state index in [-0.39, 0.29) is 22.7 Å². The second kappa shape index (κ2) is 7.74. The molecule has 1 aliphatic heterocycles. The summed E-state index contributed by atoms with van der Waals surface area (Å²) in [6.45, 7) is 4.15. The summed E-state index contributed by atoms with van der Waals surface area (Å²) in [6, 6.07) is 0.241. The highest BCUT2D eigenvalue weighted by Crippen LogP contribution is 2.12. The summed E-state index contributed by atoms with van der Waals surface area (Å²) in [7, 11) is 1.65. The van der Waals surface area contributed by atoms with E-state index in [1.54, 1.807) is 7.05 Å². The van der Waals surface area contributed by atoms with Crippen molar-refractivity contribution in [1.29, 1.82) is 0 Å². The van der Waals surface area contributed by atoms with Gasteiger partial charge in [0.1, 0.15) is 0 Å². The molecule has 0 radical (unpaired) electrons. The summed E-state index contributed by atoms with van der Waals surface area (Å²) in [5, 5.41) is 5.67. The summed E-state index contributed by atoms with van der Waals surface area (Å²) >= 11 is 3.35. The molecule has 6 heteroatoms. The SMILES string of the molecule is CCC(Br)C(=O)NC1CCN(CC(=O)NC)CC1. The average Bonchev–Trinajstić information content (AvgIpc) is 2.39. The average molecular weight is 320 g/mol. The summed E-state index contributed by atoms with van der Waals surface area (Å²) in [5.41, 5.74) is 0. The Labute approximate surface area is 117 Å². The Morgan fingerprint density at radius 1 is 1.39 bits per heavy atom. The molecule has 1 heterocycles. The molecule has 0 aromatic rings. The van der Waals surface area contributed by atoms with Crippen molar-refractivity contribution >= 4 is 27.7 Å². The Kier molecular flexibility index (Phi) is 6.63. The summed E-state index contributed by atoms with van der Waals surface area (Å²) in [6.07, 6.45) is 2.61. The highest BCUT2D eigenvalue weighted by molar-refractivity contribution is 9.10. The number of carbonyl (C=O) groups excluding carboxylic acids is 2. The molecule has 1 rings (SSSR count). The van der Waals surface area contributed by atoms with Gasteiger partial charge in [0, 0.05) is 26.2 Å². The number of likely N-dealkylation sites (tertiary alicyclic amines) is 1. The van der Waals surface area contributed by atoms with Crippen molar-refractivity contribution in [1.82, 2.24) is 15.5 Å². The van der Waals surface area contributed by atoms with E-state index < -0.39 is 0 Å². The van der Waals surface area contributed by atoms with Gasteiger partial charge in [-0.25, -0.2) is 0 Å². The van der Waals surface area contributed by atoms with Crippen molar-refractivity contribution in [3.05, 3.63) is 0 Å². The van der Waals surface area contributed by atoms with Crippen LogP contribution in [-0.4, -0.2) is 54.3 Å². The lowest BCUT2D eigenvalue weighted by Gasteiger charge is -2.32. The van der Waals surface area contributed by atoms with Gasteiger partial charge < -0.3 is 10.6 Å². The van der Waals surface area contributed by atoms with Crippen LogP contribution < -0.4 is 10.6 Å². The minimum absolute atomic E-state index is 0.0454. The smallest absolute Gasteiger partial charge is 0.233 e. The fourth-order valence-electron chi connectivity index (χ4n) is 1.99. The molecule has 104 valence electrons. The summed E-state index contributed by atoms with van der Waals surface area (Å²) in [5.74, 6) is 0.117. The van der Waals surface area contributed by atoms with E-state index in [1.165, 1.54) is 0 Å². The van der Waals surface area contributed by atoms with Crippen LogP contribution >= 0.6 is 15.9 Å². The fourth-order valence-corrected chi connectivity index (χ4v) is 2.13. The fraction of sp³-hybridized carbons (Fsp3) is 0.833. The maximum atomic E-state index is 11.7. The van der Waals surface area contributed by atoms with Gasteiger partial charge in [0.2, 0.25) is 11.8 Å². The maximum Gasteiger partial charge on any atom is 0.233 e. The second-order valence-corrected chi connectivity index (χ2v) is 5.71. The summed E-state index contributed by atoms with van der Waals surface area (Å²) < 4.78 is 0. The molecular formula is C12H22BrN3O2. The molecule has 0 spiro atoms. The minimum atomic E-state index is -0.0959. The number of alkyl halides is 1. The monoisotopic (exact) mass is 319 g/mol. The Bertz CT molecular complexity index is 291. The van der Waals surface area contributed by atoms with Crippen molar-refractivity contribution in [2.75, 3.05) is 26.7 Å². The molecular weight excluding hydrogens is 298 g/mol. The second-order valence-electron chi connectivity index (χ2n) is 4.61. The highest BCUT2D eigenvalue weighted by atomic mass is 79.9. The Morgan fingerprint density at radius 2 is 2.00 bits per heavy atom. The van der Waals surface area contributed by atoms with Gasteiger partial charge in [-0.1, -0.05) is 22.9 Å². The molecule has 1 saturated heterocycles. The Balaban J connectivity index is 2.27. The van der Waals surface area contributed by atoms with Gasteiger partial charge in [0.15, 0.2) is 0 Å². The molecule has 1 fully saturated rings. The lowest BCUT2D eigenvalue weighted by molar-refractivity contribution is -0.123. The van der Waals surface area contributed by atoms with Gasteiger partial charge in [-0.05, 0) is 19.3 Å². The van der Waals surface area contributed by atoms with Crippen molar-refractivity contribution in [2.24, 2.45) is 0 Å². The molecule has 2 amide bonds. The van der Waals surface area contributed by atoms with E-state index in [9.17, 15) is 9.59 Å². The zero-order valence-electron chi connectivity index (χ0n) is 11.0. The van der Waals surface area contributed by atoms with Crippen LogP contribution in [0.4, 0.5) is 0 Å². The predicted octanol–water partition coefficient (Wildman–Crippen LogP) is 0.487. The molecule has 5 nitrogen and oxygen atoms in total.